The molecule has 0 aliphatic rings. The third kappa shape index (κ3) is 4.07. The van der Waals surface area contributed by atoms with Crippen molar-refractivity contribution in [3.8, 4) is 0 Å². The standard InChI is InChI=1S/C18H23N3O2/c1-13(21(4)12-17(22)20(2)3)18(23)19-16-11-7-9-14-8-5-6-10-15(14)16/h5-11,13H,12H2,1-4H3,(H,19,23)/p+1/t13-/m1/s1. The van der Waals surface area contributed by atoms with Gasteiger partial charge in [0, 0.05) is 25.2 Å². The van der Waals surface area contributed by atoms with Crippen LogP contribution in [-0.4, -0.2) is 50.4 Å². The van der Waals surface area contributed by atoms with E-state index in [-0.39, 0.29) is 24.4 Å². The van der Waals surface area contributed by atoms with Gasteiger partial charge in [-0.3, -0.25) is 9.59 Å². The Morgan fingerprint density at radius 2 is 1.78 bits per heavy atom. The molecule has 0 spiro atoms. The second-order valence-electron chi connectivity index (χ2n) is 6.05. The van der Waals surface area contributed by atoms with Crippen LogP contribution in [0.5, 0.6) is 0 Å². The molecule has 0 aliphatic carbocycles. The van der Waals surface area contributed by atoms with Crippen LogP contribution in [0.25, 0.3) is 10.8 Å². The summed E-state index contributed by atoms with van der Waals surface area (Å²) in [5.74, 6) is -0.0854. The first-order chi connectivity index (χ1) is 10.9. The molecule has 2 amide bonds. The Labute approximate surface area is 136 Å². The molecule has 2 rings (SSSR count). The number of hydrogen-bond acceptors (Lipinski definition) is 2. The number of likely N-dealkylation sites (N-methyl/N-ethyl adjacent to an activating group) is 2. The van der Waals surface area contributed by atoms with Gasteiger partial charge in [-0.05, 0) is 18.4 Å². The molecule has 5 nitrogen and oxygen atoms in total. The molecule has 0 aliphatic heterocycles. The number of nitrogens with one attached hydrogen (secondary N) is 2. The molecule has 0 radical (unpaired) electrons. The van der Waals surface area contributed by atoms with Gasteiger partial charge in [-0.1, -0.05) is 36.4 Å². The molecule has 0 bridgehead atoms. The number of carbonyl (C=O) groups is 2. The zero-order valence-corrected chi connectivity index (χ0v) is 14.1. The molecule has 0 aromatic heterocycles. The Morgan fingerprint density at radius 1 is 1.13 bits per heavy atom. The molecule has 2 aromatic carbocycles. The predicted molar refractivity (Wildman–Crippen MR) is 92.5 cm³/mol. The first kappa shape index (κ1) is 17.0. The van der Waals surface area contributed by atoms with E-state index in [2.05, 4.69) is 5.32 Å². The predicted octanol–water partition coefficient (Wildman–Crippen LogP) is 0.770. The van der Waals surface area contributed by atoms with Crippen molar-refractivity contribution in [1.29, 1.82) is 0 Å². The lowest BCUT2D eigenvalue weighted by molar-refractivity contribution is -0.886. The topological polar surface area (TPSA) is 53.9 Å². The van der Waals surface area contributed by atoms with E-state index in [1.807, 2.05) is 56.4 Å². The van der Waals surface area contributed by atoms with Gasteiger partial charge >= 0.3 is 0 Å². The summed E-state index contributed by atoms with van der Waals surface area (Å²) in [6.45, 7) is 2.12. The fourth-order valence-electron chi connectivity index (χ4n) is 2.35. The summed E-state index contributed by atoms with van der Waals surface area (Å²) in [6.07, 6.45) is 0. The van der Waals surface area contributed by atoms with Gasteiger partial charge in [0.2, 0.25) is 0 Å². The van der Waals surface area contributed by atoms with Crippen LogP contribution in [0.15, 0.2) is 42.5 Å². The summed E-state index contributed by atoms with van der Waals surface area (Å²) in [7, 11) is 5.29. The molecule has 2 aromatic rings. The van der Waals surface area contributed by atoms with Gasteiger partial charge in [0.05, 0.1) is 7.05 Å². The highest BCUT2D eigenvalue weighted by Crippen LogP contribution is 2.22. The van der Waals surface area contributed by atoms with Gasteiger partial charge in [0.1, 0.15) is 0 Å². The first-order valence-electron chi connectivity index (χ1n) is 7.71. The van der Waals surface area contributed by atoms with Crippen molar-refractivity contribution in [3.63, 3.8) is 0 Å². The van der Waals surface area contributed by atoms with E-state index in [0.717, 1.165) is 21.4 Å². The maximum atomic E-state index is 12.5. The van der Waals surface area contributed by atoms with Crippen LogP contribution in [0.2, 0.25) is 0 Å². The normalized spacial score (nSPS) is 13.4. The van der Waals surface area contributed by atoms with Crippen molar-refractivity contribution in [2.45, 2.75) is 13.0 Å². The second kappa shape index (κ2) is 7.24. The summed E-state index contributed by atoms with van der Waals surface area (Å²) < 4.78 is 0. The molecule has 0 saturated carbocycles. The number of benzene rings is 2. The van der Waals surface area contributed by atoms with Crippen LogP contribution in [0.4, 0.5) is 5.69 Å². The minimum absolute atomic E-state index is 0.00677. The maximum absolute atomic E-state index is 12.5. The van der Waals surface area contributed by atoms with Crippen LogP contribution < -0.4 is 10.2 Å². The molecule has 1 unspecified atom stereocenters. The van der Waals surface area contributed by atoms with Crippen LogP contribution in [-0.2, 0) is 9.59 Å². The molecule has 23 heavy (non-hydrogen) atoms. The van der Waals surface area contributed by atoms with Gasteiger partial charge in [-0.25, -0.2) is 0 Å². The van der Waals surface area contributed by atoms with Crippen LogP contribution in [0.3, 0.4) is 0 Å². The molecular formula is C18H24N3O2+. The highest BCUT2D eigenvalue weighted by atomic mass is 16.2. The molecule has 5 heteroatoms. The number of rotatable bonds is 5. The lowest BCUT2D eigenvalue weighted by Gasteiger charge is -2.22. The van der Waals surface area contributed by atoms with Crippen molar-refractivity contribution in [2.24, 2.45) is 0 Å². The van der Waals surface area contributed by atoms with Gasteiger partial charge in [0.15, 0.2) is 12.6 Å². The maximum Gasteiger partial charge on any atom is 0.282 e. The van der Waals surface area contributed by atoms with Crippen molar-refractivity contribution in [2.75, 3.05) is 33.0 Å². The number of anilines is 1. The van der Waals surface area contributed by atoms with Gasteiger partial charge in [0.25, 0.3) is 11.8 Å². The molecular weight excluding hydrogens is 290 g/mol. The number of fused-ring (bicyclic) bond motifs is 1. The lowest BCUT2D eigenvalue weighted by atomic mass is 10.1. The quantitative estimate of drug-likeness (QED) is 0.856. The van der Waals surface area contributed by atoms with Crippen LogP contribution in [0, 0.1) is 0 Å². The van der Waals surface area contributed by atoms with E-state index in [1.165, 1.54) is 0 Å². The summed E-state index contributed by atoms with van der Waals surface area (Å²) in [5, 5.41) is 5.08. The summed E-state index contributed by atoms with van der Waals surface area (Å²) in [4.78, 5) is 26.7. The zero-order chi connectivity index (χ0) is 17.0. The smallest absolute Gasteiger partial charge is 0.282 e. The molecule has 122 valence electrons. The van der Waals surface area contributed by atoms with E-state index < -0.39 is 0 Å². The Morgan fingerprint density at radius 3 is 2.48 bits per heavy atom. The zero-order valence-electron chi connectivity index (χ0n) is 14.1. The van der Waals surface area contributed by atoms with Crippen molar-refractivity contribution in [1.82, 2.24) is 4.90 Å². The Bertz CT molecular complexity index is 707. The summed E-state index contributed by atoms with van der Waals surface area (Å²) >= 11 is 0. The van der Waals surface area contributed by atoms with Gasteiger partial charge < -0.3 is 15.1 Å². The van der Waals surface area contributed by atoms with Gasteiger partial charge in [-0.15, -0.1) is 0 Å². The Kier molecular flexibility index (Phi) is 5.34. The number of carbonyl (C=O) groups excluding carboxylic acids is 2. The average Bonchev–Trinajstić information content (AvgIpc) is 2.54. The van der Waals surface area contributed by atoms with E-state index in [9.17, 15) is 9.59 Å². The Balaban J connectivity index is 2.10. The molecule has 0 heterocycles. The number of quaternary nitrogens is 1. The molecule has 2 atom stereocenters. The molecule has 0 fully saturated rings. The monoisotopic (exact) mass is 314 g/mol. The Hall–Kier alpha value is -2.40. The van der Waals surface area contributed by atoms with E-state index >= 15 is 0 Å². The molecule has 2 N–H and O–H groups in total. The third-order valence-corrected chi connectivity index (χ3v) is 4.11. The third-order valence-electron chi connectivity index (χ3n) is 4.11. The minimum atomic E-state index is -0.321. The second-order valence-corrected chi connectivity index (χ2v) is 6.05. The van der Waals surface area contributed by atoms with Crippen LogP contribution >= 0.6 is 0 Å². The average molecular weight is 314 g/mol. The highest BCUT2D eigenvalue weighted by molar-refractivity contribution is 6.03. The SMILES string of the molecule is C[C@H](C(=O)Nc1cccc2ccccc12)[NH+](C)CC(=O)N(C)C. The largest absolute Gasteiger partial charge is 0.344 e. The fourth-order valence-corrected chi connectivity index (χ4v) is 2.35. The fraction of sp³-hybridized carbons (Fsp3) is 0.333. The summed E-state index contributed by atoms with van der Waals surface area (Å²) in [6, 6.07) is 13.4. The van der Waals surface area contributed by atoms with Gasteiger partial charge in [-0.2, -0.15) is 0 Å². The van der Waals surface area contributed by atoms with Crippen molar-refractivity contribution in [3.05, 3.63) is 42.5 Å². The minimum Gasteiger partial charge on any atom is -0.344 e. The number of hydrogen-bond donors (Lipinski definition) is 2. The lowest BCUT2D eigenvalue weighted by Crippen LogP contribution is -3.15. The van der Waals surface area contributed by atoms with E-state index in [1.54, 1.807) is 19.0 Å². The first-order valence-corrected chi connectivity index (χ1v) is 7.71. The van der Waals surface area contributed by atoms with E-state index in [4.69, 9.17) is 0 Å². The number of nitrogens with zero attached hydrogens (tertiary/aromatic N) is 1. The summed E-state index contributed by atoms with van der Waals surface area (Å²) in [5.41, 5.74) is 0.798. The highest BCUT2D eigenvalue weighted by Gasteiger charge is 2.24. The van der Waals surface area contributed by atoms with E-state index in [0.29, 0.717) is 0 Å². The van der Waals surface area contributed by atoms with Crippen molar-refractivity contribution >= 4 is 28.3 Å². The van der Waals surface area contributed by atoms with Crippen LogP contribution in [0.1, 0.15) is 6.92 Å². The number of amides is 2. The van der Waals surface area contributed by atoms with Crippen molar-refractivity contribution < 1.29 is 14.5 Å². The molecule has 0 saturated heterocycles.